The van der Waals surface area contributed by atoms with E-state index in [9.17, 15) is 9.59 Å². The van der Waals surface area contributed by atoms with Crippen LogP contribution in [0.2, 0.25) is 0 Å². The number of nitrogens with zero attached hydrogens (tertiary/aromatic N) is 3. The number of carboxylic acids is 1. The highest BCUT2D eigenvalue weighted by molar-refractivity contribution is 5.77. The molecule has 7 heteroatoms. The van der Waals surface area contributed by atoms with Crippen molar-refractivity contribution in [3.8, 4) is 0 Å². The molecule has 0 aromatic heterocycles. The van der Waals surface area contributed by atoms with Crippen molar-refractivity contribution in [1.82, 2.24) is 14.7 Å². The smallest absolute Gasteiger partial charge is 0.334 e. The minimum atomic E-state index is -0.998. The molecule has 2 amide bonds. The van der Waals surface area contributed by atoms with Gasteiger partial charge in [-0.05, 0) is 26.3 Å². The molecule has 0 aromatic rings. The van der Waals surface area contributed by atoms with Crippen molar-refractivity contribution in [2.75, 3.05) is 39.8 Å². The zero-order valence-corrected chi connectivity index (χ0v) is 12.4. The first kappa shape index (κ1) is 14.6. The highest BCUT2D eigenvalue weighted by atomic mass is 16.5. The van der Waals surface area contributed by atoms with E-state index in [1.165, 1.54) is 6.42 Å². The second-order valence-corrected chi connectivity index (χ2v) is 6.21. The predicted octanol–water partition coefficient (Wildman–Crippen LogP) is 0.0603. The van der Waals surface area contributed by atoms with Crippen molar-refractivity contribution >= 4 is 12.0 Å². The van der Waals surface area contributed by atoms with Crippen molar-refractivity contribution in [2.45, 2.75) is 37.5 Å². The van der Waals surface area contributed by atoms with Gasteiger partial charge in [0.25, 0.3) is 0 Å². The van der Waals surface area contributed by atoms with Gasteiger partial charge in [0, 0.05) is 31.7 Å². The van der Waals surface area contributed by atoms with Crippen LogP contribution in [0.25, 0.3) is 0 Å². The number of fused-ring (bicyclic) bond motifs is 2. The van der Waals surface area contributed by atoms with Gasteiger partial charge in [0.1, 0.15) is 0 Å². The van der Waals surface area contributed by atoms with Crippen LogP contribution < -0.4 is 0 Å². The Morgan fingerprint density at radius 1 is 1.05 bits per heavy atom. The Hall–Kier alpha value is -1.34. The number of amides is 2. The van der Waals surface area contributed by atoms with Gasteiger partial charge in [0.2, 0.25) is 0 Å². The number of likely N-dealkylation sites (tertiary alicyclic amines) is 1. The van der Waals surface area contributed by atoms with Crippen LogP contribution in [0.15, 0.2) is 0 Å². The van der Waals surface area contributed by atoms with Gasteiger partial charge in [-0.2, -0.15) is 0 Å². The molecule has 0 aromatic carbocycles. The van der Waals surface area contributed by atoms with Gasteiger partial charge in [-0.25, -0.2) is 9.59 Å². The average molecular weight is 297 g/mol. The lowest BCUT2D eigenvalue weighted by Gasteiger charge is -2.35. The van der Waals surface area contributed by atoms with Crippen LogP contribution in [-0.4, -0.2) is 89.8 Å². The van der Waals surface area contributed by atoms with Crippen molar-refractivity contribution in [2.24, 2.45) is 0 Å². The number of urea groups is 1. The number of aliphatic carboxylic acids is 1. The normalized spacial score (nSPS) is 33.9. The minimum absolute atomic E-state index is 0.0366. The summed E-state index contributed by atoms with van der Waals surface area (Å²) in [5, 5.41) is 9.03. The van der Waals surface area contributed by atoms with E-state index in [0.29, 0.717) is 25.2 Å². The van der Waals surface area contributed by atoms with Crippen LogP contribution in [0.4, 0.5) is 4.79 Å². The van der Waals surface area contributed by atoms with Crippen LogP contribution >= 0.6 is 0 Å². The van der Waals surface area contributed by atoms with Crippen LogP contribution in [0.1, 0.15) is 19.3 Å². The second-order valence-electron chi connectivity index (χ2n) is 6.21. The van der Waals surface area contributed by atoms with E-state index < -0.39 is 12.1 Å². The Morgan fingerprint density at radius 3 is 2.52 bits per heavy atom. The number of carboxylic acid groups (broad SMARTS) is 1. The Morgan fingerprint density at radius 2 is 1.76 bits per heavy atom. The molecule has 118 valence electrons. The fraction of sp³-hybridized carbons (Fsp3) is 0.857. The topological polar surface area (TPSA) is 73.3 Å². The maximum absolute atomic E-state index is 12.6. The van der Waals surface area contributed by atoms with Crippen molar-refractivity contribution in [3.05, 3.63) is 0 Å². The van der Waals surface area contributed by atoms with Crippen LogP contribution in [-0.2, 0) is 9.53 Å². The second kappa shape index (κ2) is 5.81. The molecule has 3 atom stereocenters. The van der Waals surface area contributed by atoms with Gasteiger partial charge in [-0.1, -0.05) is 0 Å². The van der Waals surface area contributed by atoms with Gasteiger partial charge in [-0.3, -0.25) is 4.90 Å². The summed E-state index contributed by atoms with van der Waals surface area (Å²) in [4.78, 5) is 29.6. The third-order valence-corrected chi connectivity index (χ3v) is 5.03. The highest BCUT2D eigenvalue weighted by Crippen LogP contribution is 2.29. The predicted molar refractivity (Wildman–Crippen MR) is 75.1 cm³/mol. The summed E-state index contributed by atoms with van der Waals surface area (Å²) in [5.41, 5.74) is 0. The molecule has 0 spiro atoms. The molecule has 7 nitrogen and oxygen atoms in total. The number of carbonyl (C=O) groups is 2. The Balaban J connectivity index is 1.63. The molecule has 3 rings (SSSR count). The molecule has 3 aliphatic rings. The maximum atomic E-state index is 12.6. The third kappa shape index (κ3) is 2.85. The maximum Gasteiger partial charge on any atom is 0.334 e. The molecule has 3 fully saturated rings. The lowest BCUT2D eigenvalue weighted by molar-refractivity contribution is -0.154. The van der Waals surface area contributed by atoms with Crippen molar-refractivity contribution < 1.29 is 19.4 Å². The summed E-state index contributed by atoms with van der Waals surface area (Å²) in [7, 11) is 2.14. The van der Waals surface area contributed by atoms with Gasteiger partial charge in [0.05, 0.1) is 13.2 Å². The number of hydrogen-bond acceptors (Lipinski definition) is 4. The van der Waals surface area contributed by atoms with E-state index >= 15 is 0 Å². The summed E-state index contributed by atoms with van der Waals surface area (Å²) in [5.74, 6) is -0.998. The quantitative estimate of drug-likeness (QED) is 0.741. The Labute approximate surface area is 124 Å². The van der Waals surface area contributed by atoms with Crippen molar-refractivity contribution in [1.29, 1.82) is 0 Å². The van der Waals surface area contributed by atoms with Gasteiger partial charge in [-0.15, -0.1) is 0 Å². The first-order valence-electron chi connectivity index (χ1n) is 7.66. The number of morpholine rings is 1. The van der Waals surface area contributed by atoms with Gasteiger partial charge in [0.15, 0.2) is 6.10 Å². The number of hydrogen-bond donors (Lipinski definition) is 1. The average Bonchev–Trinajstić information content (AvgIpc) is 2.71. The molecule has 3 aliphatic heterocycles. The summed E-state index contributed by atoms with van der Waals surface area (Å²) >= 11 is 0. The number of ether oxygens (including phenoxy) is 1. The van der Waals surface area contributed by atoms with E-state index in [0.717, 1.165) is 25.9 Å². The fourth-order valence-electron chi connectivity index (χ4n) is 3.65. The fourth-order valence-corrected chi connectivity index (χ4v) is 3.65. The first-order valence-corrected chi connectivity index (χ1v) is 7.66. The van der Waals surface area contributed by atoms with E-state index in [1.807, 2.05) is 4.90 Å². The lowest BCUT2D eigenvalue weighted by Crippen LogP contribution is -2.54. The first-order chi connectivity index (χ1) is 10.1. The molecule has 0 saturated carbocycles. The minimum Gasteiger partial charge on any atom is -0.479 e. The van der Waals surface area contributed by atoms with E-state index in [1.54, 1.807) is 4.90 Å². The number of carbonyl (C=O) groups excluding carboxylic acids is 1. The lowest BCUT2D eigenvalue weighted by atomic mass is 10.1. The Bertz CT molecular complexity index is 430. The summed E-state index contributed by atoms with van der Waals surface area (Å²) in [6.07, 6.45) is 2.48. The molecular formula is C14H23N3O4. The summed E-state index contributed by atoms with van der Waals surface area (Å²) in [6, 6.07) is 0.993. The van der Waals surface area contributed by atoms with E-state index in [-0.39, 0.29) is 12.6 Å². The molecule has 3 unspecified atom stereocenters. The van der Waals surface area contributed by atoms with E-state index in [4.69, 9.17) is 9.84 Å². The largest absolute Gasteiger partial charge is 0.479 e. The molecule has 21 heavy (non-hydrogen) atoms. The van der Waals surface area contributed by atoms with E-state index in [2.05, 4.69) is 11.9 Å². The molecule has 2 bridgehead atoms. The zero-order chi connectivity index (χ0) is 15.0. The number of likely N-dealkylation sites (N-methyl/N-ethyl adjacent to an activating group) is 1. The van der Waals surface area contributed by atoms with Crippen LogP contribution in [0.3, 0.4) is 0 Å². The molecule has 0 aliphatic carbocycles. The summed E-state index contributed by atoms with van der Waals surface area (Å²) in [6.45, 7) is 2.43. The zero-order valence-electron chi connectivity index (χ0n) is 12.4. The summed E-state index contributed by atoms with van der Waals surface area (Å²) < 4.78 is 5.18. The Kier molecular flexibility index (Phi) is 4.03. The SMILES string of the molecule is CN1C2CCC1CN(C(=O)N1CCOC(C(=O)O)C1)CC2. The van der Waals surface area contributed by atoms with Crippen molar-refractivity contribution in [3.63, 3.8) is 0 Å². The van der Waals surface area contributed by atoms with Crippen LogP contribution in [0.5, 0.6) is 0 Å². The number of rotatable bonds is 1. The monoisotopic (exact) mass is 297 g/mol. The molecule has 3 heterocycles. The molecule has 3 saturated heterocycles. The van der Waals surface area contributed by atoms with Crippen LogP contribution in [0, 0.1) is 0 Å². The standard InChI is InChI=1S/C14H23N3O4/c1-15-10-2-3-11(15)8-16(5-4-10)14(20)17-6-7-21-12(9-17)13(18)19/h10-12H,2-9H2,1H3,(H,18,19). The van der Waals surface area contributed by atoms with Gasteiger partial charge >= 0.3 is 12.0 Å². The molecule has 1 N–H and O–H groups in total. The molecule has 0 radical (unpaired) electrons. The molecular weight excluding hydrogens is 274 g/mol. The third-order valence-electron chi connectivity index (χ3n) is 5.03. The van der Waals surface area contributed by atoms with Gasteiger partial charge < -0.3 is 19.6 Å². The highest BCUT2D eigenvalue weighted by Gasteiger charge is 2.38.